The van der Waals surface area contributed by atoms with Gasteiger partial charge in [0.25, 0.3) is 0 Å². The van der Waals surface area contributed by atoms with E-state index in [0.29, 0.717) is 13.2 Å². The molecule has 0 radical (unpaired) electrons. The molecule has 144 valence electrons. The molecule has 7 heteroatoms. The van der Waals surface area contributed by atoms with Gasteiger partial charge in [-0.15, -0.1) is 0 Å². The van der Waals surface area contributed by atoms with Crippen LogP contribution in [-0.4, -0.2) is 73.4 Å². The number of aryl methyl sites for hydroxylation is 1. The molecule has 0 aromatic carbocycles. The van der Waals surface area contributed by atoms with E-state index in [1.807, 2.05) is 18.7 Å². The Hall–Kier alpha value is -1.73. The van der Waals surface area contributed by atoms with E-state index in [1.54, 1.807) is 0 Å². The molecule has 1 atom stereocenters. The highest BCUT2D eigenvalue weighted by molar-refractivity contribution is 5.77. The number of nitrogens with zero attached hydrogens (tertiary/aromatic N) is 4. The van der Waals surface area contributed by atoms with Gasteiger partial charge in [-0.25, -0.2) is 9.97 Å². The highest BCUT2D eigenvalue weighted by Gasteiger charge is 2.27. The zero-order chi connectivity index (χ0) is 18.4. The second-order valence-electron chi connectivity index (χ2n) is 7.03. The largest absolute Gasteiger partial charge is 0.378 e. The lowest BCUT2D eigenvalue weighted by Crippen LogP contribution is -2.41. The van der Waals surface area contributed by atoms with Crippen LogP contribution in [0, 0.1) is 6.92 Å². The van der Waals surface area contributed by atoms with Crippen LogP contribution in [0.4, 0.5) is 5.82 Å². The number of piperidine rings is 1. The molecular formula is C19H30N4O3. The first kappa shape index (κ1) is 19.0. The molecule has 2 aliphatic heterocycles. The van der Waals surface area contributed by atoms with E-state index in [4.69, 9.17) is 9.47 Å². The molecule has 0 saturated carbocycles. The van der Waals surface area contributed by atoms with Crippen LogP contribution in [0.15, 0.2) is 6.07 Å². The number of likely N-dealkylation sites (tertiary alicyclic amines) is 1. The summed E-state index contributed by atoms with van der Waals surface area (Å²) in [5, 5.41) is 0. The summed E-state index contributed by atoms with van der Waals surface area (Å²) in [6, 6.07) is 2.10. The van der Waals surface area contributed by atoms with E-state index in [0.717, 1.165) is 69.4 Å². The molecule has 3 heterocycles. The fraction of sp³-hybridized carbons (Fsp3) is 0.737. The van der Waals surface area contributed by atoms with E-state index in [2.05, 4.69) is 20.9 Å². The third-order valence-electron chi connectivity index (χ3n) is 4.95. The van der Waals surface area contributed by atoms with Gasteiger partial charge in [0.1, 0.15) is 18.2 Å². The van der Waals surface area contributed by atoms with Crippen LogP contribution in [0.1, 0.15) is 43.6 Å². The van der Waals surface area contributed by atoms with Crippen LogP contribution >= 0.6 is 0 Å². The molecule has 0 spiro atoms. The van der Waals surface area contributed by atoms with Gasteiger partial charge in [0.2, 0.25) is 5.91 Å². The summed E-state index contributed by atoms with van der Waals surface area (Å²) in [5.74, 6) is 2.12. The molecule has 26 heavy (non-hydrogen) atoms. The average Bonchev–Trinajstić information content (AvgIpc) is 2.68. The molecule has 1 aromatic heterocycles. The highest BCUT2D eigenvalue weighted by Crippen LogP contribution is 2.28. The van der Waals surface area contributed by atoms with Gasteiger partial charge in [0, 0.05) is 44.8 Å². The summed E-state index contributed by atoms with van der Waals surface area (Å²) in [5.41, 5.74) is 1.05. The van der Waals surface area contributed by atoms with Gasteiger partial charge in [0.15, 0.2) is 0 Å². The van der Waals surface area contributed by atoms with E-state index in [1.165, 1.54) is 0 Å². The number of anilines is 1. The van der Waals surface area contributed by atoms with Crippen molar-refractivity contribution in [3.8, 4) is 0 Å². The monoisotopic (exact) mass is 362 g/mol. The molecular weight excluding hydrogens is 332 g/mol. The van der Waals surface area contributed by atoms with Crippen molar-refractivity contribution in [2.75, 3.05) is 57.5 Å². The first-order valence-corrected chi connectivity index (χ1v) is 9.71. The Kier molecular flexibility index (Phi) is 6.80. The van der Waals surface area contributed by atoms with Crippen molar-refractivity contribution in [2.45, 2.75) is 39.0 Å². The van der Waals surface area contributed by atoms with E-state index >= 15 is 0 Å². The summed E-state index contributed by atoms with van der Waals surface area (Å²) in [6.45, 7) is 9.53. The predicted octanol–water partition coefficient (Wildman–Crippen LogP) is 1.75. The van der Waals surface area contributed by atoms with Gasteiger partial charge in [0.05, 0.1) is 18.9 Å². The maximum Gasteiger partial charge on any atom is 0.248 e. The van der Waals surface area contributed by atoms with Crippen LogP contribution in [0.5, 0.6) is 0 Å². The number of amides is 1. The van der Waals surface area contributed by atoms with Gasteiger partial charge in [-0.2, -0.15) is 0 Å². The number of carbonyl (C=O) groups excluding carboxylic acids is 1. The Morgan fingerprint density at radius 1 is 1.31 bits per heavy atom. The van der Waals surface area contributed by atoms with Gasteiger partial charge in [-0.3, -0.25) is 4.79 Å². The lowest BCUT2D eigenvalue weighted by molar-refractivity contribution is -0.137. The fourth-order valence-corrected chi connectivity index (χ4v) is 3.58. The molecule has 0 aliphatic carbocycles. The van der Waals surface area contributed by atoms with Gasteiger partial charge < -0.3 is 19.3 Å². The quantitative estimate of drug-likeness (QED) is 0.718. The lowest BCUT2D eigenvalue weighted by Gasteiger charge is -2.33. The predicted molar refractivity (Wildman–Crippen MR) is 99.5 cm³/mol. The Bertz CT molecular complexity index is 604. The topological polar surface area (TPSA) is 67.8 Å². The minimum Gasteiger partial charge on any atom is -0.378 e. The minimum atomic E-state index is 0.0855. The smallest absolute Gasteiger partial charge is 0.248 e. The van der Waals surface area contributed by atoms with Crippen LogP contribution in [0.3, 0.4) is 0 Å². The third kappa shape index (κ3) is 4.92. The second kappa shape index (κ2) is 9.28. The average molecular weight is 362 g/mol. The van der Waals surface area contributed by atoms with Crippen LogP contribution in [-0.2, 0) is 14.3 Å². The Morgan fingerprint density at radius 3 is 2.88 bits per heavy atom. The number of morpholine rings is 1. The maximum atomic E-state index is 12.4. The first-order valence-electron chi connectivity index (χ1n) is 9.71. The summed E-state index contributed by atoms with van der Waals surface area (Å²) >= 11 is 0. The molecule has 1 amide bonds. The van der Waals surface area contributed by atoms with Crippen molar-refractivity contribution in [2.24, 2.45) is 0 Å². The molecule has 0 bridgehead atoms. The Balaban J connectivity index is 1.67. The van der Waals surface area contributed by atoms with Crippen molar-refractivity contribution in [3.63, 3.8) is 0 Å². The van der Waals surface area contributed by atoms with E-state index < -0.39 is 0 Å². The molecule has 2 saturated heterocycles. The number of hydrogen-bond acceptors (Lipinski definition) is 6. The van der Waals surface area contributed by atoms with Crippen molar-refractivity contribution < 1.29 is 14.3 Å². The zero-order valence-electron chi connectivity index (χ0n) is 15.9. The van der Waals surface area contributed by atoms with Crippen molar-refractivity contribution >= 4 is 11.7 Å². The zero-order valence-corrected chi connectivity index (χ0v) is 15.9. The molecule has 1 aromatic rings. The molecule has 0 N–H and O–H groups in total. The first-order chi connectivity index (χ1) is 12.7. The van der Waals surface area contributed by atoms with Gasteiger partial charge >= 0.3 is 0 Å². The number of aromatic nitrogens is 2. The standard InChI is InChI=1S/C19H30N4O3/c1-3-9-26-14-19(24)23-6-4-5-16(13-23)17-12-18(21-15(2)20-17)22-7-10-25-11-8-22/h12,16H,3-11,13-14H2,1-2H3. The minimum absolute atomic E-state index is 0.0855. The van der Waals surface area contributed by atoms with Crippen LogP contribution in [0.2, 0.25) is 0 Å². The van der Waals surface area contributed by atoms with Crippen molar-refractivity contribution in [1.82, 2.24) is 14.9 Å². The molecule has 3 rings (SSSR count). The summed E-state index contributed by atoms with van der Waals surface area (Å²) in [7, 11) is 0. The number of carbonyl (C=O) groups is 1. The molecule has 2 aliphatic rings. The van der Waals surface area contributed by atoms with E-state index in [9.17, 15) is 4.79 Å². The normalized spacial score (nSPS) is 21.1. The lowest BCUT2D eigenvalue weighted by atomic mass is 9.94. The van der Waals surface area contributed by atoms with Crippen LogP contribution in [0.25, 0.3) is 0 Å². The fourth-order valence-electron chi connectivity index (χ4n) is 3.58. The molecule has 1 unspecified atom stereocenters. The molecule has 7 nitrogen and oxygen atoms in total. The maximum absolute atomic E-state index is 12.4. The Labute approximate surface area is 155 Å². The van der Waals surface area contributed by atoms with Crippen molar-refractivity contribution in [1.29, 1.82) is 0 Å². The second-order valence-corrected chi connectivity index (χ2v) is 7.03. The highest BCUT2D eigenvalue weighted by atomic mass is 16.5. The number of ether oxygens (including phenoxy) is 2. The number of rotatable bonds is 6. The van der Waals surface area contributed by atoms with E-state index in [-0.39, 0.29) is 18.4 Å². The third-order valence-corrected chi connectivity index (χ3v) is 4.95. The van der Waals surface area contributed by atoms with Crippen LogP contribution < -0.4 is 4.90 Å². The SMILES string of the molecule is CCCOCC(=O)N1CCCC(c2cc(N3CCOCC3)nc(C)n2)C1. The van der Waals surface area contributed by atoms with Gasteiger partial charge in [-0.05, 0) is 26.2 Å². The number of hydrogen-bond donors (Lipinski definition) is 0. The summed E-state index contributed by atoms with van der Waals surface area (Å²) < 4.78 is 10.9. The van der Waals surface area contributed by atoms with Crippen molar-refractivity contribution in [3.05, 3.63) is 17.6 Å². The Morgan fingerprint density at radius 2 is 2.12 bits per heavy atom. The summed E-state index contributed by atoms with van der Waals surface area (Å²) in [6.07, 6.45) is 2.99. The van der Waals surface area contributed by atoms with Gasteiger partial charge in [-0.1, -0.05) is 6.92 Å². The molecule has 2 fully saturated rings. The summed E-state index contributed by atoms with van der Waals surface area (Å²) in [4.78, 5) is 25.9.